The van der Waals surface area contributed by atoms with E-state index in [1.807, 2.05) is 0 Å². The van der Waals surface area contributed by atoms with Crippen LogP contribution >= 0.6 is 11.6 Å². The first-order valence-electron chi connectivity index (χ1n) is 4.10. The van der Waals surface area contributed by atoms with Crippen LogP contribution in [0.3, 0.4) is 0 Å². The van der Waals surface area contributed by atoms with E-state index in [2.05, 4.69) is 11.8 Å². The van der Waals surface area contributed by atoms with Crippen LogP contribution in [-0.2, 0) is 4.79 Å². The molecule has 0 bridgehead atoms. The first kappa shape index (κ1) is 11.3. The quantitative estimate of drug-likeness (QED) is 0.615. The molecule has 0 amide bonds. The zero-order valence-electron chi connectivity index (χ0n) is 7.66. The van der Waals surface area contributed by atoms with Crippen LogP contribution < -0.4 is 0 Å². The van der Waals surface area contributed by atoms with Crippen LogP contribution in [0.5, 0.6) is 0 Å². The van der Waals surface area contributed by atoms with Crippen molar-refractivity contribution in [2.24, 2.45) is 0 Å². The van der Waals surface area contributed by atoms with Gasteiger partial charge in [-0.2, -0.15) is 0 Å². The third kappa shape index (κ3) is 3.12. The second-order valence-corrected chi connectivity index (χ2v) is 3.10. The van der Waals surface area contributed by atoms with E-state index in [-0.39, 0.29) is 12.0 Å². The van der Waals surface area contributed by atoms with Gasteiger partial charge >= 0.3 is 5.97 Å². The Labute approximate surface area is 91.7 Å². The molecule has 15 heavy (non-hydrogen) atoms. The monoisotopic (exact) mass is 222 g/mol. The normalized spacial score (nSPS) is 8.87. The number of aromatic carboxylic acids is 1. The fraction of sp³-hybridized carbons (Fsp3) is 0.0909. The van der Waals surface area contributed by atoms with Crippen LogP contribution in [0.15, 0.2) is 18.2 Å². The molecule has 0 radical (unpaired) electrons. The minimum absolute atomic E-state index is 0.0425. The van der Waals surface area contributed by atoms with Crippen molar-refractivity contribution in [3.63, 3.8) is 0 Å². The molecule has 3 nitrogen and oxygen atoms in total. The zero-order valence-corrected chi connectivity index (χ0v) is 8.41. The SMILES string of the molecule is O=CCC#Cc1ccc(Cl)cc1C(=O)O. The van der Waals surface area contributed by atoms with Crippen molar-refractivity contribution in [2.75, 3.05) is 0 Å². The number of carboxylic acids is 1. The van der Waals surface area contributed by atoms with Gasteiger partial charge in [-0.25, -0.2) is 4.79 Å². The fourth-order valence-corrected chi connectivity index (χ4v) is 1.16. The van der Waals surface area contributed by atoms with Gasteiger partial charge < -0.3 is 9.90 Å². The Morgan fingerprint density at radius 3 is 2.87 bits per heavy atom. The number of rotatable bonds is 2. The summed E-state index contributed by atoms with van der Waals surface area (Å²) in [5, 5.41) is 9.19. The van der Waals surface area contributed by atoms with Crippen molar-refractivity contribution < 1.29 is 14.7 Å². The lowest BCUT2D eigenvalue weighted by Crippen LogP contribution is -1.99. The number of halogens is 1. The maximum absolute atomic E-state index is 10.8. The van der Waals surface area contributed by atoms with Crippen LogP contribution in [0.25, 0.3) is 0 Å². The van der Waals surface area contributed by atoms with Gasteiger partial charge in [0.1, 0.15) is 6.29 Å². The Hall–Kier alpha value is -1.79. The number of hydrogen-bond acceptors (Lipinski definition) is 2. The summed E-state index contributed by atoms with van der Waals surface area (Å²) in [6, 6.07) is 4.40. The molecule has 0 aromatic heterocycles. The van der Waals surface area contributed by atoms with Crippen molar-refractivity contribution in [3.8, 4) is 11.8 Å². The second-order valence-electron chi connectivity index (χ2n) is 2.67. The van der Waals surface area contributed by atoms with Crippen LogP contribution in [0.4, 0.5) is 0 Å². The Balaban J connectivity index is 3.13. The summed E-state index contributed by atoms with van der Waals surface area (Å²) in [5.74, 6) is 4.05. The third-order valence-electron chi connectivity index (χ3n) is 1.62. The minimum atomic E-state index is -1.09. The van der Waals surface area contributed by atoms with Gasteiger partial charge in [0.2, 0.25) is 0 Å². The van der Waals surface area contributed by atoms with E-state index in [9.17, 15) is 9.59 Å². The molecule has 76 valence electrons. The third-order valence-corrected chi connectivity index (χ3v) is 1.86. The number of carbonyl (C=O) groups is 2. The average Bonchev–Trinajstić information content (AvgIpc) is 2.20. The van der Waals surface area contributed by atoms with Crippen LogP contribution in [-0.4, -0.2) is 17.4 Å². The van der Waals surface area contributed by atoms with E-state index in [1.54, 1.807) is 6.07 Å². The predicted octanol–water partition coefficient (Wildman–Crippen LogP) is 1.98. The van der Waals surface area contributed by atoms with Crippen molar-refractivity contribution >= 4 is 23.9 Å². The summed E-state index contributed by atoms with van der Waals surface area (Å²) in [5.41, 5.74) is 0.398. The maximum atomic E-state index is 10.8. The molecular formula is C11H7ClO3. The molecular weight excluding hydrogens is 216 g/mol. The molecule has 0 saturated heterocycles. The highest BCUT2D eigenvalue weighted by atomic mass is 35.5. The van der Waals surface area contributed by atoms with E-state index in [0.29, 0.717) is 16.9 Å². The number of hydrogen-bond donors (Lipinski definition) is 1. The van der Waals surface area contributed by atoms with E-state index in [4.69, 9.17) is 16.7 Å². The molecule has 1 aromatic carbocycles. The molecule has 1 rings (SSSR count). The number of benzene rings is 1. The van der Waals surface area contributed by atoms with Gasteiger partial charge in [-0.1, -0.05) is 23.4 Å². The lowest BCUT2D eigenvalue weighted by molar-refractivity contribution is -0.107. The lowest BCUT2D eigenvalue weighted by Gasteiger charge is -1.98. The molecule has 0 unspecified atom stereocenters. The lowest BCUT2D eigenvalue weighted by atomic mass is 10.1. The van der Waals surface area contributed by atoms with Crippen LogP contribution in [0.1, 0.15) is 22.3 Å². The predicted molar refractivity (Wildman–Crippen MR) is 56.0 cm³/mol. The van der Waals surface area contributed by atoms with Gasteiger partial charge in [0.15, 0.2) is 0 Å². The molecule has 0 fully saturated rings. The van der Waals surface area contributed by atoms with E-state index < -0.39 is 5.97 Å². The second kappa shape index (κ2) is 5.18. The van der Waals surface area contributed by atoms with Gasteiger partial charge in [-0.3, -0.25) is 0 Å². The summed E-state index contributed by atoms with van der Waals surface area (Å²) in [7, 11) is 0. The van der Waals surface area contributed by atoms with E-state index in [0.717, 1.165) is 0 Å². The first-order chi connectivity index (χ1) is 7.15. The summed E-state index contributed by atoms with van der Waals surface area (Å²) in [4.78, 5) is 20.8. The fourth-order valence-electron chi connectivity index (χ4n) is 0.990. The number of carboxylic acid groups (broad SMARTS) is 1. The van der Waals surface area contributed by atoms with Crippen molar-refractivity contribution in [1.29, 1.82) is 0 Å². The maximum Gasteiger partial charge on any atom is 0.337 e. The van der Waals surface area contributed by atoms with Crippen LogP contribution in [0, 0.1) is 11.8 Å². The Kier molecular flexibility index (Phi) is 3.90. The largest absolute Gasteiger partial charge is 0.478 e. The Morgan fingerprint density at radius 1 is 1.53 bits per heavy atom. The molecule has 0 aliphatic heterocycles. The Morgan fingerprint density at radius 2 is 2.27 bits per heavy atom. The van der Waals surface area contributed by atoms with Gasteiger partial charge in [-0.15, -0.1) is 0 Å². The molecule has 0 aliphatic carbocycles. The van der Waals surface area contributed by atoms with Crippen molar-refractivity contribution in [1.82, 2.24) is 0 Å². The minimum Gasteiger partial charge on any atom is -0.478 e. The van der Waals surface area contributed by atoms with Crippen LogP contribution in [0.2, 0.25) is 5.02 Å². The average molecular weight is 223 g/mol. The standard InChI is InChI=1S/C11H7ClO3/c12-9-5-4-8(3-1-2-6-13)10(7-9)11(14)15/h4-7H,2H2,(H,14,15). The molecule has 0 atom stereocenters. The Bertz CT molecular complexity index is 455. The first-order valence-corrected chi connectivity index (χ1v) is 4.48. The van der Waals surface area contributed by atoms with Gasteiger partial charge in [0.25, 0.3) is 0 Å². The zero-order chi connectivity index (χ0) is 11.3. The highest BCUT2D eigenvalue weighted by molar-refractivity contribution is 6.31. The number of aldehydes is 1. The molecule has 4 heteroatoms. The number of carbonyl (C=O) groups excluding carboxylic acids is 1. The van der Waals surface area contributed by atoms with E-state index in [1.165, 1.54) is 12.1 Å². The van der Waals surface area contributed by atoms with Gasteiger partial charge in [0, 0.05) is 10.6 Å². The van der Waals surface area contributed by atoms with E-state index >= 15 is 0 Å². The molecule has 1 aromatic rings. The summed E-state index contributed by atoms with van der Waals surface area (Å²) in [6.45, 7) is 0. The van der Waals surface area contributed by atoms with Crippen molar-refractivity contribution in [2.45, 2.75) is 6.42 Å². The highest BCUT2D eigenvalue weighted by Crippen LogP contribution is 2.15. The smallest absolute Gasteiger partial charge is 0.337 e. The topological polar surface area (TPSA) is 54.4 Å². The van der Waals surface area contributed by atoms with Crippen molar-refractivity contribution in [3.05, 3.63) is 34.3 Å². The molecule has 0 aliphatic rings. The molecule has 1 N–H and O–H groups in total. The molecule has 0 heterocycles. The van der Waals surface area contributed by atoms with Gasteiger partial charge in [-0.05, 0) is 18.2 Å². The summed E-state index contributed by atoms with van der Waals surface area (Å²) >= 11 is 5.65. The summed E-state index contributed by atoms with van der Waals surface area (Å²) in [6.07, 6.45) is 0.741. The summed E-state index contributed by atoms with van der Waals surface area (Å²) < 4.78 is 0. The van der Waals surface area contributed by atoms with Gasteiger partial charge in [0.05, 0.1) is 12.0 Å². The molecule has 0 spiro atoms. The molecule has 0 saturated carbocycles. The highest BCUT2D eigenvalue weighted by Gasteiger charge is 2.08.